The third-order valence-electron chi connectivity index (χ3n) is 2.30. The lowest BCUT2D eigenvalue weighted by Crippen LogP contribution is -2.33. The van der Waals surface area contributed by atoms with Gasteiger partial charge in [-0.2, -0.15) is 0 Å². The Morgan fingerprint density at radius 3 is 2.45 bits per heavy atom. The zero-order chi connectivity index (χ0) is 8.48. The van der Waals surface area contributed by atoms with Crippen molar-refractivity contribution >= 4 is 0 Å². The average molecular weight is 158 g/mol. The van der Waals surface area contributed by atoms with Crippen LogP contribution in [0.25, 0.3) is 0 Å². The summed E-state index contributed by atoms with van der Waals surface area (Å²) in [6.07, 6.45) is 1.26. The molecule has 0 aromatic heterocycles. The fraction of sp³-hybridized carbons (Fsp3) is 1.00. The van der Waals surface area contributed by atoms with Crippen LogP contribution in [0, 0.1) is 11.3 Å². The number of hydrogen-bond acceptors (Lipinski definition) is 2. The van der Waals surface area contributed by atoms with E-state index in [0.717, 1.165) is 13.0 Å². The number of aliphatic hydroxyl groups is 1. The molecular formula is C9H18O2. The minimum atomic E-state index is 0.171. The van der Waals surface area contributed by atoms with Crippen LogP contribution in [0.3, 0.4) is 0 Å². The Bertz CT molecular complexity index is 126. The van der Waals surface area contributed by atoms with Gasteiger partial charge in [-0.05, 0) is 11.8 Å². The highest BCUT2D eigenvalue weighted by atomic mass is 16.5. The van der Waals surface area contributed by atoms with Crippen LogP contribution in [0.1, 0.15) is 27.2 Å². The third kappa shape index (κ3) is 1.94. The fourth-order valence-corrected chi connectivity index (χ4v) is 1.78. The van der Waals surface area contributed by atoms with Crippen molar-refractivity contribution in [1.82, 2.24) is 0 Å². The van der Waals surface area contributed by atoms with Crippen molar-refractivity contribution in [2.24, 2.45) is 11.3 Å². The number of ether oxygens (including phenoxy) is 1. The van der Waals surface area contributed by atoms with Crippen molar-refractivity contribution in [2.45, 2.75) is 33.3 Å². The molecule has 1 heterocycles. The van der Waals surface area contributed by atoms with E-state index in [9.17, 15) is 0 Å². The van der Waals surface area contributed by atoms with E-state index in [4.69, 9.17) is 9.84 Å². The largest absolute Gasteiger partial charge is 0.396 e. The van der Waals surface area contributed by atoms with Crippen LogP contribution in [0.15, 0.2) is 0 Å². The molecule has 0 saturated carbocycles. The Labute approximate surface area is 68.6 Å². The maximum atomic E-state index is 9.02. The number of aliphatic hydroxyl groups excluding tert-OH is 1. The first kappa shape index (κ1) is 9.01. The summed E-state index contributed by atoms with van der Waals surface area (Å²) in [5.74, 6) is 0.356. The Hall–Kier alpha value is -0.0800. The third-order valence-corrected chi connectivity index (χ3v) is 2.30. The van der Waals surface area contributed by atoms with Crippen LogP contribution < -0.4 is 0 Å². The molecule has 11 heavy (non-hydrogen) atoms. The minimum absolute atomic E-state index is 0.171. The highest BCUT2D eigenvalue weighted by Gasteiger charge is 2.36. The Morgan fingerprint density at radius 2 is 2.09 bits per heavy atom. The van der Waals surface area contributed by atoms with Crippen molar-refractivity contribution in [3.05, 3.63) is 0 Å². The predicted molar refractivity (Wildman–Crippen MR) is 44.4 cm³/mol. The molecule has 1 aliphatic rings. The molecule has 2 unspecified atom stereocenters. The topological polar surface area (TPSA) is 29.5 Å². The van der Waals surface area contributed by atoms with Gasteiger partial charge in [-0.3, -0.25) is 0 Å². The van der Waals surface area contributed by atoms with Crippen molar-refractivity contribution < 1.29 is 9.84 Å². The molecule has 0 aromatic rings. The molecule has 2 atom stereocenters. The molecule has 0 amide bonds. The van der Waals surface area contributed by atoms with Gasteiger partial charge in [0, 0.05) is 19.1 Å². The van der Waals surface area contributed by atoms with Crippen LogP contribution in [-0.4, -0.2) is 24.4 Å². The van der Waals surface area contributed by atoms with E-state index in [1.165, 1.54) is 0 Å². The summed E-state index contributed by atoms with van der Waals surface area (Å²) >= 11 is 0. The van der Waals surface area contributed by atoms with E-state index in [0.29, 0.717) is 5.92 Å². The van der Waals surface area contributed by atoms with Gasteiger partial charge in [-0.25, -0.2) is 0 Å². The lowest BCUT2D eigenvalue weighted by Gasteiger charge is -2.30. The van der Waals surface area contributed by atoms with Gasteiger partial charge in [0.2, 0.25) is 0 Å². The molecule has 1 N–H and O–H groups in total. The predicted octanol–water partition coefficient (Wildman–Crippen LogP) is 1.43. The lowest BCUT2D eigenvalue weighted by atomic mass is 9.82. The monoisotopic (exact) mass is 158 g/mol. The Balaban J connectivity index is 2.57. The van der Waals surface area contributed by atoms with Crippen LogP contribution in [0.4, 0.5) is 0 Å². The van der Waals surface area contributed by atoms with Crippen LogP contribution >= 0.6 is 0 Å². The van der Waals surface area contributed by atoms with Crippen molar-refractivity contribution in [3.63, 3.8) is 0 Å². The van der Waals surface area contributed by atoms with Crippen molar-refractivity contribution in [2.75, 3.05) is 13.2 Å². The molecule has 1 aliphatic heterocycles. The molecule has 1 rings (SSSR count). The smallest absolute Gasteiger partial charge is 0.0674 e. The summed E-state index contributed by atoms with van der Waals surface area (Å²) in [7, 11) is 0. The second-order valence-corrected chi connectivity index (χ2v) is 4.39. The first-order valence-electron chi connectivity index (χ1n) is 4.28. The van der Waals surface area contributed by atoms with Crippen LogP contribution in [0.5, 0.6) is 0 Å². The van der Waals surface area contributed by atoms with E-state index in [-0.39, 0.29) is 18.1 Å². The molecule has 2 heteroatoms. The molecule has 1 fully saturated rings. The summed E-state index contributed by atoms with van der Waals surface area (Å²) in [6.45, 7) is 7.55. The van der Waals surface area contributed by atoms with E-state index in [2.05, 4.69) is 20.8 Å². The zero-order valence-corrected chi connectivity index (χ0v) is 7.63. The highest BCUT2D eigenvalue weighted by Crippen LogP contribution is 2.34. The van der Waals surface area contributed by atoms with Crippen molar-refractivity contribution in [3.8, 4) is 0 Å². The van der Waals surface area contributed by atoms with Gasteiger partial charge in [0.1, 0.15) is 0 Å². The quantitative estimate of drug-likeness (QED) is 0.625. The second kappa shape index (κ2) is 3.11. The molecule has 0 spiro atoms. The molecule has 1 saturated heterocycles. The molecular weight excluding hydrogens is 140 g/mol. The summed E-state index contributed by atoms with van der Waals surface area (Å²) in [4.78, 5) is 0. The summed E-state index contributed by atoms with van der Waals surface area (Å²) < 4.78 is 5.56. The highest BCUT2D eigenvalue weighted by molar-refractivity contribution is 4.84. The van der Waals surface area contributed by atoms with Crippen molar-refractivity contribution in [1.29, 1.82) is 0 Å². The van der Waals surface area contributed by atoms with Gasteiger partial charge in [0.25, 0.3) is 0 Å². The Morgan fingerprint density at radius 1 is 1.45 bits per heavy atom. The minimum Gasteiger partial charge on any atom is -0.396 e. The van der Waals surface area contributed by atoms with Gasteiger partial charge < -0.3 is 9.84 Å². The maximum absolute atomic E-state index is 9.02. The molecule has 0 bridgehead atoms. The molecule has 0 aliphatic carbocycles. The zero-order valence-electron chi connectivity index (χ0n) is 7.63. The van der Waals surface area contributed by atoms with E-state index < -0.39 is 0 Å². The van der Waals surface area contributed by atoms with Gasteiger partial charge in [-0.1, -0.05) is 20.8 Å². The standard InChI is InChI=1S/C9H18O2/c1-9(2,3)8-7(6-10)4-5-11-8/h7-8,10H,4-6H2,1-3H3. The van der Waals surface area contributed by atoms with Gasteiger partial charge in [-0.15, -0.1) is 0 Å². The maximum Gasteiger partial charge on any atom is 0.0674 e. The first-order valence-corrected chi connectivity index (χ1v) is 4.28. The second-order valence-electron chi connectivity index (χ2n) is 4.39. The van der Waals surface area contributed by atoms with E-state index in [1.54, 1.807) is 0 Å². The average Bonchev–Trinajstić information content (AvgIpc) is 2.31. The van der Waals surface area contributed by atoms with Gasteiger partial charge >= 0.3 is 0 Å². The lowest BCUT2D eigenvalue weighted by molar-refractivity contribution is -0.00490. The van der Waals surface area contributed by atoms with Crippen LogP contribution in [-0.2, 0) is 4.74 Å². The van der Waals surface area contributed by atoms with E-state index >= 15 is 0 Å². The number of rotatable bonds is 1. The summed E-state index contributed by atoms with van der Waals surface area (Å²) in [5, 5.41) is 9.02. The summed E-state index contributed by atoms with van der Waals surface area (Å²) in [6, 6.07) is 0. The number of hydrogen-bond donors (Lipinski definition) is 1. The van der Waals surface area contributed by atoms with Crippen LogP contribution in [0.2, 0.25) is 0 Å². The summed E-state index contributed by atoms with van der Waals surface area (Å²) in [5.41, 5.74) is 0.171. The van der Waals surface area contributed by atoms with E-state index in [1.807, 2.05) is 0 Å². The van der Waals surface area contributed by atoms with Gasteiger partial charge in [0.05, 0.1) is 6.10 Å². The normalized spacial score (nSPS) is 32.7. The SMILES string of the molecule is CC(C)(C)C1OCCC1CO. The molecule has 2 nitrogen and oxygen atoms in total. The Kier molecular flexibility index (Phi) is 2.55. The molecule has 66 valence electrons. The fourth-order valence-electron chi connectivity index (χ4n) is 1.78. The van der Waals surface area contributed by atoms with Gasteiger partial charge in [0.15, 0.2) is 0 Å². The molecule has 0 aromatic carbocycles. The molecule has 0 radical (unpaired) electrons. The first-order chi connectivity index (χ1) is 5.05.